The first kappa shape index (κ1) is 45.6. The molecule has 52 heavy (non-hydrogen) atoms. The fourth-order valence-electron chi connectivity index (χ4n) is 12.3. The molecule has 0 aromatic carbocycles. The molecule has 0 amide bonds. The minimum atomic E-state index is -1.81. The Morgan fingerprint density at radius 3 is 1.73 bits per heavy atom. The van der Waals surface area contributed by atoms with Gasteiger partial charge in [0.15, 0.2) is 41.6 Å². The summed E-state index contributed by atoms with van der Waals surface area (Å²) in [6, 6.07) is 0. The van der Waals surface area contributed by atoms with Crippen molar-refractivity contribution in [3.05, 3.63) is 0 Å². The van der Waals surface area contributed by atoms with E-state index in [1.165, 1.54) is 51.4 Å². The van der Waals surface area contributed by atoms with Crippen molar-refractivity contribution < 1.29 is 22.1 Å². The van der Waals surface area contributed by atoms with Crippen LogP contribution in [0.25, 0.3) is 0 Å². The predicted molar refractivity (Wildman–Crippen MR) is 236 cm³/mol. The van der Waals surface area contributed by atoms with Crippen molar-refractivity contribution in [1.29, 1.82) is 0 Å². The maximum atomic E-state index is 7.53. The number of rotatable bonds is 15. The van der Waals surface area contributed by atoms with Gasteiger partial charge in [-0.25, -0.2) is 0 Å². The Labute approximate surface area is 329 Å². The number of hydrogen-bond acceptors (Lipinski definition) is 5. The summed E-state index contributed by atoms with van der Waals surface area (Å²) in [5.74, 6) is 3.85. The summed E-state index contributed by atoms with van der Waals surface area (Å²) in [4.78, 5) is 0. The van der Waals surface area contributed by atoms with Gasteiger partial charge in [-0.15, -0.1) is 0 Å². The lowest BCUT2D eigenvalue weighted by atomic mass is 9.43. The fourth-order valence-corrected chi connectivity index (χ4v) is 18.8. The van der Waals surface area contributed by atoms with E-state index in [-0.39, 0.29) is 17.1 Å². The first-order valence-corrected chi connectivity index (χ1v) is 38.7. The molecule has 4 aliphatic rings. The van der Waals surface area contributed by atoms with Crippen molar-refractivity contribution in [1.82, 2.24) is 0 Å². The quantitative estimate of drug-likeness (QED) is 0.154. The van der Waals surface area contributed by atoms with E-state index >= 15 is 0 Å². The molecular formula is C42H88O5Si5. The molecule has 0 saturated heterocycles. The Morgan fingerprint density at radius 2 is 1.21 bits per heavy atom. The van der Waals surface area contributed by atoms with Crippen LogP contribution >= 0.6 is 0 Å². The first-order valence-electron chi connectivity index (χ1n) is 21.7. The van der Waals surface area contributed by atoms with Gasteiger partial charge in [-0.05, 0) is 216 Å². The van der Waals surface area contributed by atoms with Gasteiger partial charge in [-0.3, -0.25) is 0 Å². The summed E-state index contributed by atoms with van der Waals surface area (Å²) in [6.07, 6.45) is 12.3. The summed E-state index contributed by atoms with van der Waals surface area (Å²) in [5.41, 5.74) is 0.199. The van der Waals surface area contributed by atoms with Crippen LogP contribution in [0.2, 0.25) is 98.2 Å². The van der Waals surface area contributed by atoms with Gasteiger partial charge in [0.05, 0.1) is 17.8 Å². The SMILES string of the molecule is CC(CCC(O[Si](C)(C)C)C(C)(C)O[Si](C)(C)C)C1CCC2C3C(O[Si](C)(C)C)CC4CC(O[Si](C)(C)C)CCC4(C)C3CC(O[Si](C)(C)C)C12C. The molecular weight excluding hydrogens is 725 g/mol. The number of fused-ring (bicyclic) bond motifs is 5. The standard InChI is InChI=1S/C42H88O5Si5/c1-30(21-24-37(45-50(12,13)14)40(2,3)47-52(18,19)20)33-22-23-34-39-35(29-38(42(33,34)5)46-51(15,16)17)41(4)26-25-32(43-48(6,7)8)27-31(41)28-36(39)44-49(9,10)11/h30-39H,21-29H2,1-20H3. The Morgan fingerprint density at radius 1 is 0.635 bits per heavy atom. The van der Waals surface area contributed by atoms with Crippen LogP contribution in [-0.2, 0) is 22.1 Å². The molecule has 12 unspecified atom stereocenters. The smallest absolute Gasteiger partial charge is 0.184 e. The topological polar surface area (TPSA) is 46.2 Å². The lowest BCUT2D eigenvalue weighted by molar-refractivity contribution is -0.199. The summed E-state index contributed by atoms with van der Waals surface area (Å²) in [6.45, 7) is 48.3. The van der Waals surface area contributed by atoms with Crippen molar-refractivity contribution >= 4 is 41.6 Å². The van der Waals surface area contributed by atoms with Gasteiger partial charge in [0.2, 0.25) is 0 Å². The Bertz CT molecular complexity index is 1200. The van der Waals surface area contributed by atoms with Crippen molar-refractivity contribution in [3.8, 4) is 0 Å². The maximum Gasteiger partial charge on any atom is 0.184 e. The third kappa shape index (κ3) is 11.1. The van der Waals surface area contributed by atoms with Crippen LogP contribution < -0.4 is 0 Å². The zero-order valence-electron chi connectivity index (χ0n) is 38.2. The molecule has 306 valence electrons. The summed E-state index contributed by atoms with van der Waals surface area (Å²) >= 11 is 0. The second-order valence-electron chi connectivity index (χ2n) is 24.2. The summed E-state index contributed by atoms with van der Waals surface area (Å²) in [7, 11) is -8.69. The highest BCUT2D eigenvalue weighted by Gasteiger charge is 2.67. The minimum Gasteiger partial charge on any atom is -0.415 e. The van der Waals surface area contributed by atoms with E-state index in [0.29, 0.717) is 59.2 Å². The molecule has 0 aliphatic heterocycles. The van der Waals surface area contributed by atoms with Crippen LogP contribution in [-0.4, -0.2) is 71.6 Å². The van der Waals surface area contributed by atoms with E-state index in [9.17, 15) is 0 Å². The van der Waals surface area contributed by atoms with Crippen LogP contribution in [0.4, 0.5) is 0 Å². The molecule has 0 bridgehead atoms. The highest BCUT2D eigenvalue weighted by Crippen LogP contribution is 2.70. The van der Waals surface area contributed by atoms with Gasteiger partial charge < -0.3 is 22.1 Å². The molecule has 4 fully saturated rings. The average Bonchev–Trinajstić information content (AvgIpc) is 3.26. The third-order valence-electron chi connectivity index (χ3n) is 13.7. The maximum absolute atomic E-state index is 7.53. The summed E-state index contributed by atoms with van der Waals surface area (Å²) in [5, 5.41) is 0. The van der Waals surface area contributed by atoms with Crippen LogP contribution in [0, 0.1) is 46.3 Å². The lowest BCUT2D eigenvalue weighted by Crippen LogP contribution is -2.64. The Balaban J connectivity index is 1.69. The van der Waals surface area contributed by atoms with Gasteiger partial charge in [0, 0.05) is 12.2 Å². The predicted octanol–water partition coefficient (Wildman–Crippen LogP) is 12.8. The molecule has 0 radical (unpaired) electrons. The molecule has 0 aromatic rings. The van der Waals surface area contributed by atoms with Crippen LogP contribution in [0.1, 0.15) is 92.4 Å². The van der Waals surface area contributed by atoms with E-state index in [0.717, 1.165) is 6.42 Å². The molecule has 4 saturated carbocycles. The third-order valence-corrected chi connectivity index (χ3v) is 18.9. The zero-order chi connectivity index (χ0) is 39.7. The van der Waals surface area contributed by atoms with Crippen LogP contribution in [0.5, 0.6) is 0 Å². The molecule has 0 spiro atoms. The van der Waals surface area contributed by atoms with Gasteiger partial charge in [0.25, 0.3) is 0 Å². The second kappa shape index (κ2) is 15.6. The molecule has 0 aromatic heterocycles. The molecule has 10 heteroatoms. The van der Waals surface area contributed by atoms with Crippen molar-refractivity contribution in [2.75, 3.05) is 0 Å². The average molecular weight is 814 g/mol. The molecule has 0 N–H and O–H groups in total. The second-order valence-corrected chi connectivity index (χ2v) is 46.5. The van der Waals surface area contributed by atoms with E-state index in [1.807, 2.05) is 0 Å². The minimum absolute atomic E-state index is 0.118. The van der Waals surface area contributed by atoms with E-state index < -0.39 is 41.6 Å². The molecule has 5 nitrogen and oxygen atoms in total. The van der Waals surface area contributed by atoms with Gasteiger partial charge in [-0.2, -0.15) is 0 Å². The Hall–Kier alpha value is 0.884. The van der Waals surface area contributed by atoms with Crippen molar-refractivity contribution in [2.24, 2.45) is 46.3 Å². The van der Waals surface area contributed by atoms with E-state index in [1.54, 1.807) is 0 Å². The molecule has 4 aliphatic carbocycles. The van der Waals surface area contributed by atoms with Crippen molar-refractivity contribution in [2.45, 2.75) is 221 Å². The van der Waals surface area contributed by atoms with Gasteiger partial charge in [0.1, 0.15) is 0 Å². The highest BCUT2D eigenvalue weighted by molar-refractivity contribution is 6.71. The normalized spacial score (nSPS) is 37.6. The van der Waals surface area contributed by atoms with Crippen LogP contribution in [0.3, 0.4) is 0 Å². The van der Waals surface area contributed by atoms with Crippen molar-refractivity contribution in [3.63, 3.8) is 0 Å². The van der Waals surface area contributed by atoms with Crippen LogP contribution in [0.15, 0.2) is 0 Å². The summed E-state index contributed by atoms with van der Waals surface area (Å²) < 4.78 is 35.7. The monoisotopic (exact) mass is 813 g/mol. The van der Waals surface area contributed by atoms with Gasteiger partial charge >= 0.3 is 0 Å². The highest BCUT2D eigenvalue weighted by atomic mass is 28.4. The zero-order valence-corrected chi connectivity index (χ0v) is 43.2. The molecule has 12 atom stereocenters. The fraction of sp³-hybridized carbons (Fsp3) is 1.00. The molecule has 4 rings (SSSR count). The number of hydrogen-bond donors (Lipinski definition) is 0. The van der Waals surface area contributed by atoms with Gasteiger partial charge in [-0.1, -0.05) is 20.8 Å². The molecule has 0 heterocycles. The van der Waals surface area contributed by atoms with E-state index in [2.05, 4.69) is 133 Å². The van der Waals surface area contributed by atoms with E-state index in [4.69, 9.17) is 22.1 Å². The first-order chi connectivity index (χ1) is 23.2. The lowest BCUT2D eigenvalue weighted by Gasteiger charge is -2.66. The largest absolute Gasteiger partial charge is 0.415 e. The Kier molecular flexibility index (Phi) is 13.7.